The molecule has 0 bridgehead atoms. The summed E-state index contributed by atoms with van der Waals surface area (Å²) in [5, 5.41) is 8.68. The van der Waals surface area contributed by atoms with Crippen LogP contribution < -0.4 is 4.72 Å². The van der Waals surface area contributed by atoms with Crippen LogP contribution in [-0.4, -0.2) is 19.5 Å². The minimum atomic E-state index is -3.68. The van der Waals surface area contributed by atoms with Gasteiger partial charge in [-0.15, -0.1) is 0 Å². The Labute approximate surface area is 130 Å². The Morgan fingerprint density at radius 2 is 1.62 bits per heavy atom. The van der Waals surface area contributed by atoms with Gasteiger partial charge in [0.1, 0.15) is 0 Å². The molecule has 0 saturated heterocycles. The minimum absolute atomic E-state index is 0.0829. The van der Waals surface area contributed by atoms with E-state index in [-0.39, 0.29) is 11.3 Å². The number of sulfonamides is 1. The zero-order valence-corrected chi connectivity index (χ0v) is 13.2. The summed E-state index contributed by atoms with van der Waals surface area (Å²) in [7, 11) is -3.68. The van der Waals surface area contributed by atoms with Gasteiger partial charge in [-0.1, -0.05) is 28.1 Å². The number of hydrogen-bond acceptors (Lipinski definition) is 3. The first-order chi connectivity index (χ1) is 9.87. The fourth-order valence-corrected chi connectivity index (χ4v) is 3.02. The third kappa shape index (κ3) is 4.30. The number of rotatable bonds is 5. The van der Waals surface area contributed by atoms with E-state index < -0.39 is 16.0 Å². The van der Waals surface area contributed by atoms with Crippen molar-refractivity contribution in [1.82, 2.24) is 0 Å². The van der Waals surface area contributed by atoms with Crippen molar-refractivity contribution in [3.63, 3.8) is 0 Å². The monoisotopic (exact) mass is 369 g/mol. The van der Waals surface area contributed by atoms with Crippen LogP contribution in [0.3, 0.4) is 0 Å². The maximum absolute atomic E-state index is 12.2. The van der Waals surface area contributed by atoms with Gasteiger partial charge in [0.05, 0.1) is 11.3 Å². The molecule has 5 nitrogen and oxygen atoms in total. The molecule has 2 aromatic rings. The third-order valence-corrected chi connectivity index (χ3v) is 4.61. The first-order valence-corrected chi connectivity index (χ1v) is 8.23. The number of carboxylic acid groups (broad SMARTS) is 1. The maximum Gasteiger partial charge on any atom is 0.307 e. The van der Waals surface area contributed by atoms with Gasteiger partial charge in [-0.05, 0) is 42.0 Å². The molecule has 2 N–H and O–H groups in total. The van der Waals surface area contributed by atoms with Crippen LogP contribution >= 0.6 is 15.9 Å². The molecular weight excluding hydrogens is 358 g/mol. The Morgan fingerprint density at radius 3 is 2.14 bits per heavy atom. The molecular formula is C14H12BrNO4S. The van der Waals surface area contributed by atoms with Crippen molar-refractivity contribution >= 4 is 37.6 Å². The lowest BCUT2D eigenvalue weighted by Gasteiger charge is -2.08. The topological polar surface area (TPSA) is 83.5 Å². The summed E-state index contributed by atoms with van der Waals surface area (Å²) in [5.74, 6) is -0.960. The summed E-state index contributed by atoms with van der Waals surface area (Å²) < 4.78 is 27.7. The van der Waals surface area contributed by atoms with Crippen LogP contribution in [0.25, 0.3) is 0 Å². The van der Waals surface area contributed by atoms with Crippen LogP contribution in [0.4, 0.5) is 5.69 Å². The van der Waals surface area contributed by atoms with Crippen LogP contribution in [0, 0.1) is 0 Å². The van der Waals surface area contributed by atoms with E-state index in [2.05, 4.69) is 20.7 Å². The molecule has 21 heavy (non-hydrogen) atoms. The highest BCUT2D eigenvalue weighted by Crippen LogP contribution is 2.19. The van der Waals surface area contributed by atoms with Crippen LogP contribution in [-0.2, 0) is 21.2 Å². The Bertz CT molecular complexity index is 740. The fraction of sp³-hybridized carbons (Fsp3) is 0.0714. The van der Waals surface area contributed by atoms with Gasteiger partial charge in [-0.25, -0.2) is 8.42 Å². The molecule has 0 aliphatic rings. The Kier molecular flexibility index (Phi) is 4.64. The lowest BCUT2D eigenvalue weighted by molar-refractivity contribution is -0.136. The van der Waals surface area contributed by atoms with E-state index >= 15 is 0 Å². The summed E-state index contributed by atoms with van der Waals surface area (Å²) >= 11 is 3.27. The van der Waals surface area contributed by atoms with E-state index in [4.69, 9.17) is 5.11 Å². The van der Waals surface area contributed by atoms with E-state index in [0.717, 1.165) is 4.47 Å². The zero-order valence-electron chi connectivity index (χ0n) is 10.8. The molecule has 0 unspecified atom stereocenters. The lowest BCUT2D eigenvalue weighted by Crippen LogP contribution is -2.13. The number of carbonyl (C=O) groups is 1. The molecule has 7 heteroatoms. The van der Waals surface area contributed by atoms with Crippen molar-refractivity contribution in [3.05, 3.63) is 58.6 Å². The van der Waals surface area contributed by atoms with Gasteiger partial charge in [0, 0.05) is 10.2 Å². The number of aliphatic carboxylic acids is 1. The number of nitrogens with one attached hydrogen (secondary N) is 1. The van der Waals surface area contributed by atoms with Gasteiger partial charge in [-0.3, -0.25) is 9.52 Å². The Morgan fingerprint density at radius 1 is 1.05 bits per heavy atom. The molecule has 0 radical (unpaired) electrons. The molecule has 0 aliphatic carbocycles. The predicted octanol–water partition coefficient (Wildman–Crippen LogP) is 2.88. The van der Waals surface area contributed by atoms with Crippen LogP contribution in [0.5, 0.6) is 0 Å². The smallest absolute Gasteiger partial charge is 0.307 e. The lowest BCUT2D eigenvalue weighted by atomic mass is 10.2. The number of anilines is 1. The van der Waals surface area contributed by atoms with E-state index in [1.54, 1.807) is 24.3 Å². The quantitative estimate of drug-likeness (QED) is 0.848. The number of halogens is 1. The van der Waals surface area contributed by atoms with Crippen molar-refractivity contribution in [2.45, 2.75) is 11.3 Å². The first kappa shape index (κ1) is 15.5. The first-order valence-electron chi connectivity index (χ1n) is 5.96. The van der Waals surface area contributed by atoms with E-state index in [1.165, 1.54) is 24.3 Å². The molecule has 0 fully saturated rings. The largest absolute Gasteiger partial charge is 0.481 e. The van der Waals surface area contributed by atoms with Gasteiger partial charge >= 0.3 is 5.97 Å². The summed E-state index contributed by atoms with van der Waals surface area (Å²) in [6.45, 7) is 0. The summed E-state index contributed by atoms with van der Waals surface area (Å²) in [6, 6.07) is 12.5. The van der Waals surface area contributed by atoms with Crippen LogP contribution in [0.2, 0.25) is 0 Å². The van der Waals surface area contributed by atoms with Gasteiger partial charge in [-0.2, -0.15) is 0 Å². The van der Waals surface area contributed by atoms with Crippen molar-refractivity contribution in [2.24, 2.45) is 0 Å². The SMILES string of the molecule is O=C(O)Cc1ccc(S(=O)(=O)Nc2ccc(Br)cc2)cc1. The number of hydrogen-bond donors (Lipinski definition) is 2. The highest BCUT2D eigenvalue weighted by Gasteiger charge is 2.14. The Hall–Kier alpha value is -1.86. The molecule has 0 heterocycles. The Balaban J connectivity index is 2.19. The summed E-state index contributed by atoms with van der Waals surface area (Å²) in [5.41, 5.74) is 0.998. The minimum Gasteiger partial charge on any atom is -0.481 e. The molecule has 0 aliphatic heterocycles. The van der Waals surface area contributed by atoms with Gasteiger partial charge in [0.25, 0.3) is 10.0 Å². The van der Waals surface area contributed by atoms with Crippen molar-refractivity contribution in [2.75, 3.05) is 4.72 Å². The number of carboxylic acids is 1. The van der Waals surface area contributed by atoms with Gasteiger partial charge in [0.2, 0.25) is 0 Å². The molecule has 0 spiro atoms. The van der Waals surface area contributed by atoms with Crippen molar-refractivity contribution in [1.29, 1.82) is 0 Å². The van der Waals surface area contributed by atoms with E-state index in [1.807, 2.05) is 0 Å². The zero-order chi connectivity index (χ0) is 15.5. The van der Waals surface area contributed by atoms with Crippen molar-refractivity contribution in [3.8, 4) is 0 Å². The average molecular weight is 370 g/mol. The molecule has 2 rings (SSSR count). The number of benzene rings is 2. The second-order valence-electron chi connectivity index (χ2n) is 4.33. The molecule has 0 atom stereocenters. The van der Waals surface area contributed by atoms with Crippen LogP contribution in [0.15, 0.2) is 57.9 Å². The average Bonchev–Trinajstić information content (AvgIpc) is 2.41. The fourth-order valence-electron chi connectivity index (χ4n) is 1.69. The standard InChI is InChI=1S/C14H12BrNO4S/c15-11-3-5-12(6-4-11)16-21(19,20)13-7-1-10(2-8-13)9-14(17)18/h1-8,16H,9H2,(H,17,18). The van der Waals surface area contributed by atoms with E-state index in [9.17, 15) is 13.2 Å². The van der Waals surface area contributed by atoms with Gasteiger partial charge in [0.15, 0.2) is 0 Å². The molecule has 0 saturated carbocycles. The molecule has 0 aromatic heterocycles. The highest BCUT2D eigenvalue weighted by atomic mass is 79.9. The van der Waals surface area contributed by atoms with E-state index in [0.29, 0.717) is 11.3 Å². The van der Waals surface area contributed by atoms with Crippen molar-refractivity contribution < 1.29 is 18.3 Å². The normalized spacial score (nSPS) is 11.1. The molecule has 110 valence electrons. The molecule has 2 aromatic carbocycles. The summed E-state index contributed by atoms with van der Waals surface area (Å²) in [6.07, 6.45) is -0.138. The third-order valence-electron chi connectivity index (χ3n) is 2.69. The molecule has 0 amide bonds. The second kappa shape index (κ2) is 6.28. The predicted molar refractivity (Wildman–Crippen MR) is 82.7 cm³/mol. The highest BCUT2D eigenvalue weighted by molar-refractivity contribution is 9.10. The second-order valence-corrected chi connectivity index (χ2v) is 6.92. The summed E-state index contributed by atoms with van der Waals surface area (Å²) in [4.78, 5) is 10.7. The maximum atomic E-state index is 12.2. The van der Waals surface area contributed by atoms with Crippen LogP contribution in [0.1, 0.15) is 5.56 Å². The van der Waals surface area contributed by atoms with Gasteiger partial charge < -0.3 is 5.11 Å².